The van der Waals surface area contributed by atoms with Gasteiger partial charge in [0.2, 0.25) is 0 Å². The SMILES string of the molecule is CC[C@@H](C)NC(=O)c1ccc(Oc2nccnc2N2CCCCC2)cc1. The molecule has 1 amide bonds. The molecule has 6 heteroatoms. The Kier molecular flexibility index (Phi) is 6.04. The zero-order valence-corrected chi connectivity index (χ0v) is 15.4. The van der Waals surface area contributed by atoms with E-state index >= 15 is 0 Å². The summed E-state index contributed by atoms with van der Waals surface area (Å²) in [6.45, 7) is 5.99. The quantitative estimate of drug-likeness (QED) is 0.855. The van der Waals surface area contributed by atoms with E-state index in [9.17, 15) is 4.79 Å². The topological polar surface area (TPSA) is 67.3 Å². The molecule has 0 aliphatic carbocycles. The Morgan fingerprint density at radius 1 is 1.15 bits per heavy atom. The summed E-state index contributed by atoms with van der Waals surface area (Å²) in [6, 6.07) is 7.28. The third-order valence-electron chi connectivity index (χ3n) is 4.62. The molecule has 0 bridgehead atoms. The van der Waals surface area contributed by atoms with Gasteiger partial charge in [-0.15, -0.1) is 0 Å². The summed E-state index contributed by atoms with van der Waals surface area (Å²) in [6.07, 6.45) is 7.81. The predicted octanol–water partition coefficient (Wildman–Crippen LogP) is 3.79. The van der Waals surface area contributed by atoms with Gasteiger partial charge >= 0.3 is 0 Å². The first-order chi connectivity index (χ1) is 12.7. The van der Waals surface area contributed by atoms with Gasteiger partial charge in [0.05, 0.1) is 0 Å². The van der Waals surface area contributed by atoms with Gasteiger partial charge in [0.1, 0.15) is 5.75 Å². The van der Waals surface area contributed by atoms with Gasteiger partial charge in [-0.1, -0.05) is 6.92 Å². The van der Waals surface area contributed by atoms with E-state index in [4.69, 9.17) is 4.74 Å². The fourth-order valence-electron chi connectivity index (χ4n) is 2.91. The molecule has 0 spiro atoms. The van der Waals surface area contributed by atoms with Crippen LogP contribution in [0, 0.1) is 0 Å². The Bertz CT molecular complexity index is 727. The molecule has 1 aliphatic heterocycles. The largest absolute Gasteiger partial charge is 0.436 e. The van der Waals surface area contributed by atoms with E-state index < -0.39 is 0 Å². The minimum atomic E-state index is -0.0700. The van der Waals surface area contributed by atoms with E-state index in [0.29, 0.717) is 17.2 Å². The first kappa shape index (κ1) is 18.2. The third kappa shape index (κ3) is 4.50. The maximum Gasteiger partial charge on any atom is 0.263 e. The lowest BCUT2D eigenvalue weighted by Gasteiger charge is -2.28. The van der Waals surface area contributed by atoms with Crippen molar-refractivity contribution in [3.8, 4) is 11.6 Å². The smallest absolute Gasteiger partial charge is 0.263 e. The summed E-state index contributed by atoms with van der Waals surface area (Å²) in [4.78, 5) is 23.2. The summed E-state index contributed by atoms with van der Waals surface area (Å²) in [5.41, 5.74) is 0.619. The van der Waals surface area contributed by atoms with Crippen LogP contribution in [-0.2, 0) is 0 Å². The maximum absolute atomic E-state index is 12.2. The summed E-state index contributed by atoms with van der Waals surface area (Å²) in [7, 11) is 0. The number of rotatable bonds is 6. The molecular weight excluding hydrogens is 328 g/mol. The Balaban J connectivity index is 1.70. The first-order valence-corrected chi connectivity index (χ1v) is 9.32. The van der Waals surface area contributed by atoms with Gasteiger partial charge in [0, 0.05) is 37.1 Å². The van der Waals surface area contributed by atoms with E-state index in [1.54, 1.807) is 36.7 Å². The van der Waals surface area contributed by atoms with Crippen LogP contribution < -0.4 is 15.0 Å². The van der Waals surface area contributed by atoms with Gasteiger partial charge in [0.25, 0.3) is 11.8 Å². The molecule has 1 fully saturated rings. The number of hydrogen-bond donors (Lipinski definition) is 1. The van der Waals surface area contributed by atoms with Crippen LogP contribution in [0.5, 0.6) is 11.6 Å². The number of piperidine rings is 1. The minimum Gasteiger partial charge on any atom is -0.436 e. The van der Waals surface area contributed by atoms with Crippen LogP contribution in [0.2, 0.25) is 0 Å². The van der Waals surface area contributed by atoms with Crippen molar-refractivity contribution in [2.75, 3.05) is 18.0 Å². The average Bonchev–Trinajstić information content (AvgIpc) is 2.69. The number of anilines is 1. The normalized spacial score (nSPS) is 15.4. The highest BCUT2D eigenvalue weighted by Gasteiger charge is 2.18. The van der Waals surface area contributed by atoms with Crippen LogP contribution in [0.3, 0.4) is 0 Å². The molecule has 1 aromatic carbocycles. The fourth-order valence-corrected chi connectivity index (χ4v) is 2.91. The number of aromatic nitrogens is 2. The molecule has 1 atom stereocenters. The van der Waals surface area contributed by atoms with Crippen molar-refractivity contribution >= 4 is 11.7 Å². The first-order valence-electron chi connectivity index (χ1n) is 9.32. The highest BCUT2D eigenvalue weighted by atomic mass is 16.5. The van der Waals surface area contributed by atoms with Crippen molar-refractivity contribution in [1.29, 1.82) is 0 Å². The molecule has 138 valence electrons. The van der Waals surface area contributed by atoms with Crippen LogP contribution >= 0.6 is 0 Å². The number of ether oxygens (including phenoxy) is 1. The molecule has 26 heavy (non-hydrogen) atoms. The van der Waals surface area contributed by atoms with Gasteiger partial charge in [-0.2, -0.15) is 0 Å². The van der Waals surface area contributed by atoms with Gasteiger partial charge in [-0.3, -0.25) is 4.79 Å². The minimum absolute atomic E-state index is 0.0700. The molecule has 1 saturated heterocycles. The molecular formula is C20H26N4O2. The lowest BCUT2D eigenvalue weighted by Crippen LogP contribution is -2.31. The van der Waals surface area contributed by atoms with Crippen LogP contribution in [0.1, 0.15) is 49.9 Å². The zero-order chi connectivity index (χ0) is 18.4. The number of carbonyl (C=O) groups excluding carboxylic acids is 1. The molecule has 1 aliphatic rings. The van der Waals surface area contributed by atoms with E-state index in [2.05, 4.69) is 20.2 Å². The lowest BCUT2D eigenvalue weighted by molar-refractivity contribution is 0.0939. The van der Waals surface area contributed by atoms with Gasteiger partial charge in [-0.25, -0.2) is 9.97 Å². The third-order valence-corrected chi connectivity index (χ3v) is 4.62. The number of hydrogen-bond acceptors (Lipinski definition) is 5. The molecule has 2 aromatic rings. The second-order valence-corrected chi connectivity index (χ2v) is 6.64. The number of nitrogens with one attached hydrogen (secondary N) is 1. The van der Waals surface area contributed by atoms with Crippen LogP contribution in [-0.4, -0.2) is 35.0 Å². The molecule has 6 nitrogen and oxygen atoms in total. The van der Waals surface area contributed by atoms with Gasteiger partial charge in [0.15, 0.2) is 5.82 Å². The van der Waals surface area contributed by atoms with Crippen molar-refractivity contribution in [2.45, 2.75) is 45.6 Å². The summed E-state index contributed by atoms with van der Waals surface area (Å²) in [5.74, 6) is 1.86. The average molecular weight is 354 g/mol. The molecule has 0 unspecified atom stereocenters. The van der Waals surface area contributed by atoms with Gasteiger partial charge in [-0.05, 0) is 56.9 Å². The summed E-state index contributed by atoms with van der Waals surface area (Å²) < 4.78 is 5.95. The van der Waals surface area contributed by atoms with E-state index in [0.717, 1.165) is 38.2 Å². The highest BCUT2D eigenvalue weighted by Crippen LogP contribution is 2.29. The summed E-state index contributed by atoms with van der Waals surface area (Å²) >= 11 is 0. The second kappa shape index (κ2) is 8.65. The van der Waals surface area contributed by atoms with Crippen LogP contribution in [0.25, 0.3) is 0 Å². The Labute approximate surface area is 154 Å². The Morgan fingerprint density at radius 3 is 2.54 bits per heavy atom. The number of nitrogens with zero attached hydrogens (tertiary/aromatic N) is 3. The van der Waals surface area contributed by atoms with Crippen molar-refractivity contribution in [3.05, 3.63) is 42.2 Å². The monoisotopic (exact) mass is 354 g/mol. The van der Waals surface area contributed by atoms with Crippen LogP contribution in [0.4, 0.5) is 5.82 Å². The molecule has 0 radical (unpaired) electrons. The highest BCUT2D eigenvalue weighted by molar-refractivity contribution is 5.94. The summed E-state index contributed by atoms with van der Waals surface area (Å²) in [5, 5.41) is 2.96. The van der Waals surface area contributed by atoms with E-state index in [1.165, 1.54) is 6.42 Å². The van der Waals surface area contributed by atoms with Crippen molar-refractivity contribution in [3.63, 3.8) is 0 Å². The van der Waals surface area contributed by atoms with Crippen molar-refractivity contribution < 1.29 is 9.53 Å². The predicted molar refractivity (Wildman–Crippen MR) is 102 cm³/mol. The molecule has 1 aromatic heterocycles. The molecule has 3 rings (SSSR count). The molecule has 0 saturated carbocycles. The van der Waals surface area contributed by atoms with Crippen molar-refractivity contribution in [1.82, 2.24) is 15.3 Å². The van der Waals surface area contributed by atoms with Crippen molar-refractivity contribution in [2.24, 2.45) is 0 Å². The number of carbonyl (C=O) groups is 1. The number of amides is 1. The van der Waals surface area contributed by atoms with Gasteiger partial charge < -0.3 is 15.0 Å². The lowest BCUT2D eigenvalue weighted by atomic mass is 10.1. The Hall–Kier alpha value is -2.63. The molecule has 2 heterocycles. The zero-order valence-electron chi connectivity index (χ0n) is 15.4. The van der Waals surface area contributed by atoms with E-state index in [-0.39, 0.29) is 11.9 Å². The Morgan fingerprint density at radius 2 is 1.85 bits per heavy atom. The standard InChI is InChI=1S/C20H26N4O2/c1-3-15(2)23-19(25)16-7-9-17(10-8-16)26-20-18(21-11-12-22-20)24-13-5-4-6-14-24/h7-12,15H,3-6,13-14H2,1-2H3,(H,23,25)/t15-/m1/s1. The fraction of sp³-hybridized carbons (Fsp3) is 0.450. The van der Waals surface area contributed by atoms with Crippen LogP contribution in [0.15, 0.2) is 36.7 Å². The number of benzene rings is 1. The van der Waals surface area contributed by atoms with E-state index in [1.807, 2.05) is 13.8 Å². The maximum atomic E-state index is 12.2. The second-order valence-electron chi connectivity index (χ2n) is 6.64. The molecule has 1 N–H and O–H groups in total.